The maximum absolute atomic E-state index is 12.7. The van der Waals surface area contributed by atoms with Crippen molar-refractivity contribution in [1.29, 1.82) is 0 Å². The van der Waals surface area contributed by atoms with Gasteiger partial charge in [0.15, 0.2) is 5.78 Å². The summed E-state index contributed by atoms with van der Waals surface area (Å²) in [4.78, 5) is 40.6. The zero-order valence-electron chi connectivity index (χ0n) is 17.5. The number of hydrogen-bond acceptors (Lipinski definition) is 4. The highest BCUT2D eigenvalue weighted by Crippen LogP contribution is 2.34. The molecular weight excluding hydrogens is 404 g/mol. The predicted octanol–water partition coefficient (Wildman–Crippen LogP) is 4.61. The summed E-state index contributed by atoms with van der Waals surface area (Å²) in [7, 11) is 0. The van der Waals surface area contributed by atoms with Gasteiger partial charge in [-0.05, 0) is 42.2 Å². The first-order chi connectivity index (χ1) is 15.5. The second kappa shape index (κ2) is 9.56. The van der Waals surface area contributed by atoms with Crippen molar-refractivity contribution in [3.05, 3.63) is 84.2 Å². The van der Waals surface area contributed by atoms with Gasteiger partial charge in [-0.3, -0.25) is 19.4 Å². The number of carboxylic acid groups (broad SMARTS) is 1. The van der Waals surface area contributed by atoms with Crippen LogP contribution >= 0.6 is 0 Å². The highest BCUT2D eigenvalue weighted by Gasteiger charge is 2.38. The lowest BCUT2D eigenvalue weighted by Gasteiger charge is -2.14. The topological polar surface area (TPSA) is 96.4 Å². The van der Waals surface area contributed by atoms with Crippen molar-refractivity contribution in [2.24, 2.45) is 11.8 Å². The van der Waals surface area contributed by atoms with E-state index < -0.39 is 17.8 Å². The van der Waals surface area contributed by atoms with Crippen LogP contribution in [0, 0.1) is 11.8 Å². The van der Waals surface area contributed by atoms with Crippen LogP contribution in [0.25, 0.3) is 11.1 Å². The maximum atomic E-state index is 12.7. The summed E-state index contributed by atoms with van der Waals surface area (Å²) >= 11 is 0. The molecule has 1 saturated carbocycles. The Morgan fingerprint density at radius 1 is 0.875 bits per heavy atom. The number of pyridine rings is 1. The average molecular weight is 428 g/mol. The number of carbonyl (C=O) groups excluding carboxylic acids is 2. The maximum Gasteiger partial charge on any atom is 0.307 e. The van der Waals surface area contributed by atoms with E-state index in [1.807, 2.05) is 60.7 Å². The monoisotopic (exact) mass is 428 g/mol. The molecule has 162 valence electrons. The Hall–Kier alpha value is -3.80. The van der Waals surface area contributed by atoms with Crippen LogP contribution < -0.4 is 5.32 Å². The van der Waals surface area contributed by atoms with Gasteiger partial charge in [0.2, 0.25) is 5.91 Å². The number of benzene rings is 2. The van der Waals surface area contributed by atoms with Gasteiger partial charge in [-0.2, -0.15) is 0 Å². The molecule has 0 radical (unpaired) electrons. The molecule has 0 bridgehead atoms. The molecule has 6 nitrogen and oxygen atoms in total. The summed E-state index contributed by atoms with van der Waals surface area (Å²) < 4.78 is 0. The Morgan fingerprint density at radius 3 is 2.22 bits per heavy atom. The molecule has 1 aromatic heterocycles. The Labute approximate surface area is 186 Å². The minimum atomic E-state index is -0.909. The van der Waals surface area contributed by atoms with Gasteiger partial charge in [0.1, 0.15) is 5.69 Å². The summed E-state index contributed by atoms with van der Waals surface area (Å²) in [5, 5.41) is 12.2. The Bertz CT molecular complexity index is 1110. The normalized spacial score (nSPS) is 17.6. The van der Waals surface area contributed by atoms with E-state index >= 15 is 0 Å². The van der Waals surface area contributed by atoms with Crippen molar-refractivity contribution in [3.63, 3.8) is 0 Å². The SMILES string of the molecule is O=C(Cc1ccccc1)Nc1ccc(-c2ccc(C(=O)C3CCCC3C(=O)O)nc2)cc1. The minimum absolute atomic E-state index is 0.0833. The molecule has 2 aromatic carbocycles. The molecule has 2 atom stereocenters. The number of carbonyl (C=O) groups is 3. The van der Waals surface area contributed by atoms with Gasteiger partial charge >= 0.3 is 5.97 Å². The highest BCUT2D eigenvalue weighted by molar-refractivity contribution is 5.99. The van der Waals surface area contributed by atoms with Gasteiger partial charge < -0.3 is 10.4 Å². The molecule has 0 spiro atoms. The summed E-state index contributed by atoms with van der Waals surface area (Å²) in [5.74, 6) is -2.30. The van der Waals surface area contributed by atoms with E-state index in [1.165, 1.54) is 0 Å². The van der Waals surface area contributed by atoms with Crippen LogP contribution in [0.4, 0.5) is 5.69 Å². The number of anilines is 1. The summed E-state index contributed by atoms with van der Waals surface area (Å²) in [6.45, 7) is 0. The molecule has 4 rings (SSSR count). The van der Waals surface area contributed by atoms with Crippen LogP contribution in [-0.4, -0.2) is 27.8 Å². The fraction of sp³-hybridized carbons (Fsp3) is 0.231. The predicted molar refractivity (Wildman–Crippen MR) is 121 cm³/mol. The molecule has 6 heteroatoms. The number of ketones is 1. The largest absolute Gasteiger partial charge is 0.481 e. The van der Waals surface area contributed by atoms with Crippen molar-refractivity contribution in [3.8, 4) is 11.1 Å². The molecule has 3 aromatic rings. The first-order valence-electron chi connectivity index (χ1n) is 10.7. The van der Waals surface area contributed by atoms with E-state index in [9.17, 15) is 19.5 Å². The van der Waals surface area contributed by atoms with E-state index in [1.54, 1.807) is 12.3 Å². The molecule has 1 fully saturated rings. The van der Waals surface area contributed by atoms with Crippen molar-refractivity contribution >= 4 is 23.3 Å². The second-order valence-corrected chi connectivity index (χ2v) is 8.07. The van der Waals surface area contributed by atoms with E-state index in [0.717, 1.165) is 23.1 Å². The van der Waals surface area contributed by atoms with Crippen LogP contribution in [-0.2, 0) is 16.0 Å². The van der Waals surface area contributed by atoms with E-state index in [0.29, 0.717) is 30.6 Å². The van der Waals surface area contributed by atoms with Gasteiger partial charge in [-0.25, -0.2) is 0 Å². The lowest BCUT2D eigenvalue weighted by molar-refractivity contribution is -0.142. The third kappa shape index (κ3) is 4.91. The smallest absolute Gasteiger partial charge is 0.307 e. The first kappa shape index (κ1) is 21.4. The molecule has 0 saturated heterocycles. The van der Waals surface area contributed by atoms with Gasteiger partial charge in [0.05, 0.1) is 12.3 Å². The van der Waals surface area contributed by atoms with Gasteiger partial charge in [-0.1, -0.05) is 55.0 Å². The van der Waals surface area contributed by atoms with Crippen molar-refractivity contribution < 1.29 is 19.5 Å². The van der Waals surface area contributed by atoms with Crippen LogP contribution in [0.1, 0.15) is 35.3 Å². The second-order valence-electron chi connectivity index (χ2n) is 8.07. The fourth-order valence-electron chi connectivity index (χ4n) is 4.20. The zero-order chi connectivity index (χ0) is 22.5. The van der Waals surface area contributed by atoms with Gasteiger partial charge in [0, 0.05) is 23.4 Å². The Balaban J connectivity index is 1.39. The standard InChI is InChI=1S/C26H24N2O4/c29-24(15-17-5-2-1-3-6-17)28-20-12-9-18(10-13-20)19-11-14-23(27-16-19)25(30)21-7-4-8-22(21)26(31)32/h1-3,5-6,9-14,16,21-22H,4,7-8,15H2,(H,28,29)(H,31,32). The van der Waals surface area contributed by atoms with Crippen LogP contribution in [0.5, 0.6) is 0 Å². The number of amides is 1. The molecular formula is C26H24N2O4. The van der Waals surface area contributed by atoms with Crippen LogP contribution in [0.2, 0.25) is 0 Å². The number of carboxylic acids is 1. The number of rotatable bonds is 7. The third-order valence-corrected chi connectivity index (χ3v) is 5.90. The molecule has 1 amide bonds. The van der Waals surface area contributed by atoms with E-state index in [4.69, 9.17) is 0 Å². The van der Waals surface area contributed by atoms with Crippen LogP contribution in [0.15, 0.2) is 72.9 Å². The number of nitrogens with zero attached hydrogens (tertiary/aromatic N) is 1. The quantitative estimate of drug-likeness (QED) is 0.536. The average Bonchev–Trinajstić information content (AvgIpc) is 3.30. The zero-order valence-corrected chi connectivity index (χ0v) is 17.5. The van der Waals surface area contributed by atoms with Gasteiger partial charge in [0.25, 0.3) is 0 Å². The summed E-state index contributed by atoms with van der Waals surface area (Å²) in [6.07, 6.45) is 3.82. The molecule has 32 heavy (non-hydrogen) atoms. The lowest BCUT2D eigenvalue weighted by atomic mass is 9.90. The number of nitrogens with one attached hydrogen (secondary N) is 1. The number of aliphatic carboxylic acids is 1. The van der Waals surface area contributed by atoms with Crippen molar-refractivity contribution in [1.82, 2.24) is 4.98 Å². The number of Topliss-reactive ketones (excluding diaryl/α,β-unsaturated/α-hetero) is 1. The third-order valence-electron chi connectivity index (χ3n) is 5.90. The van der Waals surface area contributed by atoms with Gasteiger partial charge in [-0.15, -0.1) is 0 Å². The number of aromatic nitrogens is 1. The summed E-state index contributed by atoms with van der Waals surface area (Å²) in [6, 6.07) is 20.4. The number of hydrogen-bond donors (Lipinski definition) is 2. The van der Waals surface area contributed by atoms with Crippen LogP contribution in [0.3, 0.4) is 0 Å². The lowest BCUT2D eigenvalue weighted by Crippen LogP contribution is -2.25. The Morgan fingerprint density at radius 2 is 1.56 bits per heavy atom. The Kier molecular flexibility index (Phi) is 6.40. The van der Waals surface area contributed by atoms with E-state index in [-0.39, 0.29) is 11.7 Å². The van der Waals surface area contributed by atoms with Crippen molar-refractivity contribution in [2.45, 2.75) is 25.7 Å². The summed E-state index contributed by atoms with van der Waals surface area (Å²) in [5.41, 5.74) is 3.70. The van der Waals surface area contributed by atoms with Crippen molar-refractivity contribution in [2.75, 3.05) is 5.32 Å². The molecule has 1 aliphatic carbocycles. The van der Waals surface area contributed by atoms with E-state index in [2.05, 4.69) is 10.3 Å². The first-order valence-corrected chi connectivity index (χ1v) is 10.7. The fourth-order valence-corrected chi connectivity index (χ4v) is 4.20. The highest BCUT2D eigenvalue weighted by atomic mass is 16.4. The molecule has 0 aliphatic heterocycles. The minimum Gasteiger partial charge on any atom is -0.481 e. The molecule has 2 unspecified atom stereocenters. The molecule has 1 heterocycles. The molecule has 2 N–H and O–H groups in total. The molecule has 1 aliphatic rings.